The summed E-state index contributed by atoms with van der Waals surface area (Å²) in [4.78, 5) is 0.352. The molecule has 2 aromatic rings. The number of hydrogen-bond donors (Lipinski definition) is 3. The number of anilines is 2. The molecule has 0 aliphatic carbocycles. The fourth-order valence-electron chi connectivity index (χ4n) is 1.79. The van der Waals surface area contributed by atoms with Gasteiger partial charge in [-0.2, -0.15) is 5.10 Å². The molecule has 1 aliphatic rings. The molecule has 3 N–H and O–H groups in total. The Kier molecular flexibility index (Phi) is 2.17. The Morgan fingerprint density at radius 1 is 1.29 bits per heavy atom. The molecule has 0 atom stereocenters. The van der Waals surface area contributed by atoms with E-state index in [0.717, 1.165) is 11.3 Å². The van der Waals surface area contributed by atoms with Gasteiger partial charge in [-0.1, -0.05) is 0 Å². The average molecular weight is 250 g/mol. The molecule has 0 spiro atoms. The number of fused-ring (bicyclic) bond motifs is 1. The SMILES string of the molecule is O=S1(=O)NCc2cc(Nc3cc[nH]n3)ccc21. The summed E-state index contributed by atoms with van der Waals surface area (Å²) in [6, 6.07) is 6.92. The lowest BCUT2D eigenvalue weighted by molar-refractivity contribution is 0.589. The van der Waals surface area contributed by atoms with Gasteiger partial charge in [0.15, 0.2) is 5.82 Å². The summed E-state index contributed by atoms with van der Waals surface area (Å²) in [7, 11) is -3.28. The fraction of sp³-hybridized carbons (Fsp3) is 0.100. The number of nitrogens with zero attached hydrogens (tertiary/aromatic N) is 1. The quantitative estimate of drug-likeness (QED) is 0.740. The molecular formula is C10H10N4O2S. The molecule has 88 valence electrons. The second-order valence-corrected chi connectivity index (χ2v) is 5.47. The van der Waals surface area contributed by atoms with E-state index in [1.165, 1.54) is 0 Å². The van der Waals surface area contributed by atoms with Crippen molar-refractivity contribution in [3.63, 3.8) is 0 Å². The van der Waals surface area contributed by atoms with Crippen LogP contribution in [0.25, 0.3) is 0 Å². The van der Waals surface area contributed by atoms with Crippen molar-refractivity contribution in [3.05, 3.63) is 36.0 Å². The third kappa shape index (κ3) is 1.79. The number of aromatic nitrogens is 2. The molecule has 0 bridgehead atoms. The highest BCUT2D eigenvalue weighted by molar-refractivity contribution is 7.89. The Morgan fingerprint density at radius 2 is 2.18 bits per heavy atom. The van der Waals surface area contributed by atoms with Crippen LogP contribution < -0.4 is 10.0 Å². The van der Waals surface area contributed by atoms with Gasteiger partial charge < -0.3 is 5.32 Å². The maximum absolute atomic E-state index is 11.5. The van der Waals surface area contributed by atoms with Crippen LogP contribution in [0.4, 0.5) is 11.5 Å². The van der Waals surface area contributed by atoms with Crippen molar-refractivity contribution in [2.45, 2.75) is 11.4 Å². The van der Waals surface area contributed by atoms with Gasteiger partial charge in [-0.05, 0) is 23.8 Å². The molecule has 1 aromatic carbocycles. The van der Waals surface area contributed by atoms with E-state index < -0.39 is 10.0 Å². The number of benzene rings is 1. The number of H-pyrrole nitrogens is 1. The number of aromatic amines is 1. The predicted octanol–water partition coefficient (Wildman–Crippen LogP) is 0.945. The van der Waals surface area contributed by atoms with Crippen molar-refractivity contribution in [1.29, 1.82) is 0 Å². The van der Waals surface area contributed by atoms with E-state index in [-0.39, 0.29) is 0 Å². The van der Waals surface area contributed by atoms with E-state index in [0.29, 0.717) is 17.3 Å². The van der Waals surface area contributed by atoms with E-state index in [1.807, 2.05) is 6.07 Å². The van der Waals surface area contributed by atoms with Crippen LogP contribution in [0, 0.1) is 0 Å². The standard InChI is InChI=1S/C10H10N4O2S/c15-17(16)9-2-1-8(5-7(9)6-12-17)13-10-3-4-11-14-10/h1-5,12H,6H2,(H2,11,13,14). The van der Waals surface area contributed by atoms with Gasteiger partial charge in [-0.15, -0.1) is 0 Å². The maximum Gasteiger partial charge on any atom is 0.241 e. The molecule has 0 unspecified atom stereocenters. The summed E-state index contributed by atoms with van der Waals surface area (Å²) in [6.07, 6.45) is 1.71. The topological polar surface area (TPSA) is 86.9 Å². The molecule has 7 heteroatoms. The zero-order valence-electron chi connectivity index (χ0n) is 8.77. The first-order valence-corrected chi connectivity index (χ1v) is 6.53. The van der Waals surface area contributed by atoms with Gasteiger partial charge in [0.25, 0.3) is 0 Å². The minimum atomic E-state index is -3.28. The molecular weight excluding hydrogens is 240 g/mol. The van der Waals surface area contributed by atoms with Crippen molar-refractivity contribution in [2.75, 3.05) is 5.32 Å². The fourth-order valence-corrected chi connectivity index (χ4v) is 3.01. The van der Waals surface area contributed by atoms with Gasteiger partial charge in [-0.25, -0.2) is 13.1 Å². The summed E-state index contributed by atoms with van der Waals surface area (Å²) < 4.78 is 25.5. The second-order valence-electron chi connectivity index (χ2n) is 3.73. The summed E-state index contributed by atoms with van der Waals surface area (Å²) >= 11 is 0. The minimum Gasteiger partial charge on any atom is -0.339 e. The van der Waals surface area contributed by atoms with E-state index in [1.54, 1.807) is 24.4 Å². The van der Waals surface area contributed by atoms with Gasteiger partial charge in [0.05, 0.1) is 4.90 Å². The normalized spacial score (nSPS) is 16.7. The third-order valence-electron chi connectivity index (χ3n) is 2.58. The number of sulfonamides is 1. The van der Waals surface area contributed by atoms with Crippen LogP contribution >= 0.6 is 0 Å². The number of hydrogen-bond acceptors (Lipinski definition) is 4. The van der Waals surface area contributed by atoms with Gasteiger partial charge in [-0.3, -0.25) is 5.10 Å². The highest BCUT2D eigenvalue weighted by Crippen LogP contribution is 2.26. The van der Waals surface area contributed by atoms with Gasteiger partial charge >= 0.3 is 0 Å². The highest BCUT2D eigenvalue weighted by atomic mass is 32.2. The molecule has 0 radical (unpaired) electrons. The Bertz CT molecular complexity index is 649. The van der Waals surface area contributed by atoms with Gasteiger partial charge in [0.1, 0.15) is 0 Å². The lowest BCUT2D eigenvalue weighted by Crippen LogP contribution is -2.13. The molecule has 0 saturated carbocycles. The summed E-state index contributed by atoms with van der Waals surface area (Å²) in [5, 5.41) is 9.73. The van der Waals surface area contributed by atoms with E-state index in [9.17, 15) is 8.42 Å². The zero-order valence-corrected chi connectivity index (χ0v) is 9.58. The van der Waals surface area contributed by atoms with Crippen LogP contribution in [-0.4, -0.2) is 18.6 Å². The van der Waals surface area contributed by atoms with E-state index >= 15 is 0 Å². The Hall–Kier alpha value is -1.86. The first kappa shape index (κ1) is 10.3. The van der Waals surface area contributed by atoms with Crippen molar-refractivity contribution in [1.82, 2.24) is 14.9 Å². The smallest absolute Gasteiger partial charge is 0.241 e. The van der Waals surface area contributed by atoms with Crippen LogP contribution in [0.5, 0.6) is 0 Å². The molecule has 17 heavy (non-hydrogen) atoms. The summed E-state index contributed by atoms with van der Waals surface area (Å²) in [6.45, 7) is 0.341. The Labute approximate surface area is 98.1 Å². The van der Waals surface area contributed by atoms with Crippen molar-refractivity contribution in [3.8, 4) is 0 Å². The van der Waals surface area contributed by atoms with Gasteiger partial charge in [0.2, 0.25) is 10.0 Å². The van der Waals surface area contributed by atoms with Crippen molar-refractivity contribution >= 4 is 21.5 Å². The first-order valence-electron chi connectivity index (χ1n) is 5.04. The summed E-state index contributed by atoms with van der Waals surface area (Å²) in [5.74, 6) is 0.693. The van der Waals surface area contributed by atoms with Crippen LogP contribution in [0.3, 0.4) is 0 Å². The second kappa shape index (κ2) is 3.57. The van der Waals surface area contributed by atoms with Crippen LogP contribution in [0.2, 0.25) is 0 Å². The molecule has 1 aliphatic heterocycles. The number of nitrogens with one attached hydrogen (secondary N) is 3. The first-order chi connectivity index (χ1) is 8.15. The van der Waals surface area contributed by atoms with E-state index in [4.69, 9.17) is 0 Å². The van der Waals surface area contributed by atoms with Crippen molar-refractivity contribution < 1.29 is 8.42 Å². The monoisotopic (exact) mass is 250 g/mol. The highest BCUT2D eigenvalue weighted by Gasteiger charge is 2.25. The van der Waals surface area contributed by atoms with E-state index in [2.05, 4.69) is 20.2 Å². The molecule has 0 saturated heterocycles. The molecule has 2 heterocycles. The largest absolute Gasteiger partial charge is 0.339 e. The average Bonchev–Trinajstić information content (AvgIpc) is 2.88. The Morgan fingerprint density at radius 3 is 2.94 bits per heavy atom. The lowest BCUT2D eigenvalue weighted by atomic mass is 10.2. The molecule has 1 aromatic heterocycles. The number of rotatable bonds is 2. The van der Waals surface area contributed by atoms with Crippen LogP contribution in [-0.2, 0) is 16.6 Å². The third-order valence-corrected chi connectivity index (χ3v) is 4.08. The zero-order chi connectivity index (χ0) is 11.9. The summed E-state index contributed by atoms with van der Waals surface area (Å²) in [5.41, 5.74) is 1.58. The maximum atomic E-state index is 11.5. The molecule has 6 nitrogen and oxygen atoms in total. The Balaban J connectivity index is 1.95. The van der Waals surface area contributed by atoms with Crippen LogP contribution in [0.15, 0.2) is 35.4 Å². The van der Waals surface area contributed by atoms with Crippen LogP contribution in [0.1, 0.15) is 5.56 Å². The predicted molar refractivity (Wildman–Crippen MR) is 62.3 cm³/mol. The van der Waals surface area contributed by atoms with Gasteiger partial charge in [0, 0.05) is 24.5 Å². The lowest BCUT2D eigenvalue weighted by Gasteiger charge is -2.04. The minimum absolute atomic E-state index is 0.341. The molecule has 0 fully saturated rings. The van der Waals surface area contributed by atoms with Crippen molar-refractivity contribution in [2.24, 2.45) is 0 Å². The molecule has 3 rings (SSSR count). The molecule has 0 amide bonds.